The Morgan fingerprint density at radius 2 is 0.597 bits per heavy atom. The maximum atomic E-state index is 2.61. The monoisotopic (exact) mass is 894 g/mol. The molecule has 0 fully saturated rings. The van der Waals surface area contributed by atoms with Gasteiger partial charge in [-0.2, -0.15) is 0 Å². The van der Waals surface area contributed by atoms with Crippen molar-refractivity contribution in [2.75, 3.05) is 30.6 Å². The molecule has 1 aliphatic rings. The van der Waals surface area contributed by atoms with Crippen molar-refractivity contribution in [3.63, 3.8) is 0 Å². The van der Waals surface area contributed by atoms with Crippen molar-refractivity contribution in [3.8, 4) is 0 Å². The third-order valence-corrected chi connectivity index (χ3v) is 21.6. The second-order valence-corrected chi connectivity index (χ2v) is 24.5. The van der Waals surface area contributed by atoms with Crippen LogP contribution in [0.25, 0.3) is 64.6 Å². The predicted octanol–water partition coefficient (Wildman–Crippen LogP) is 13.9. The molecule has 320 valence electrons. The van der Waals surface area contributed by atoms with Gasteiger partial charge in [-0.05, 0) is 0 Å². The van der Waals surface area contributed by atoms with Gasteiger partial charge in [0.25, 0.3) is 0 Å². The summed E-state index contributed by atoms with van der Waals surface area (Å²) < 4.78 is 0. The molecule has 0 radical (unpaired) electrons. The van der Waals surface area contributed by atoms with Gasteiger partial charge in [0.2, 0.25) is 0 Å². The van der Waals surface area contributed by atoms with Crippen LogP contribution in [0.5, 0.6) is 0 Å². The Labute approximate surface area is 393 Å². The minimum absolute atomic E-state index is 1.15. The van der Waals surface area contributed by atoms with Crippen LogP contribution in [-0.4, -0.2) is 20.8 Å². The molecule has 4 heteroatoms. The Bertz CT molecular complexity index is 3940. The van der Waals surface area contributed by atoms with Crippen molar-refractivity contribution in [2.45, 2.75) is 0 Å². The van der Waals surface area contributed by atoms with Crippen molar-refractivity contribution in [1.29, 1.82) is 0 Å². The van der Waals surface area contributed by atoms with Crippen LogP contribution in [0.4, 0.5) is 22.7 Å². The molecular weight excluding hydrogens is 847 g/mol. The van der Waals surface area contributed by atoms with E-state index in [4.69, 9.17) is 0 Å². The summed E-state index contributed by atoms with van der Waals surface area (Å²) in [6.45, 7) is 2.61. The number of hydrogen-bond acceptors (Lipinski definition) is 2. The van der Waals surface area contributed by atoms with Gasteiger partial charge < -0.3 is 0 Å². The summed E-state index contributed by atoms with van der Waals surface area (Å²) in [7, 11) is 0.569. The average molecular weight is 895 g/mol. The summed E-state index contributed by atoms with van der Waals surface area (Å²) in [5.41, 5.74) is 4.94. The Morgan fingerprint density at radius 3 is 1.07 bits per heavy atom. The number of nitrogens with zero attached hydrogens (tertiary/aromatic N) is 2. The van der Waals surface area contributed by atoms with E-state index in [-0.39, 0.29) is 0 Å². The average Bonchev–Trinajstić information content (AvgIpc) is 3.38. The van der Waals surface area contributed by atoms with E-state index in [1.54, 1.807) is 0 Å². The molecule has 1 aliphatic heterocycles. The van der Waals surface area contributed by atoms with E-state index in [0.29, 0.717) is 0 Å². The normalized spacial score (nSPS) is 15.2. The Kier molecular flexibility index (Phi) is 9.33. The summed E-state index contributed by atoms with van der Waals surface area (Å²) >= 11 is 0. The first-order valence-corrected chi connectivity index (χ1v) is 27.1. The summed E-state index contributed by atoms with van der Waals surface area (Å²) in [5, 5.41) is 23.1. The van der Waals surface area contributed by atoms with E-state index >= 15 is 0 Å². The number of hydrogen-bond donors (Lipinski definition) is 0. The standard InChI is InChI=1S/C63H48N2P2/c1-64-56-34-46-22-14-16-24-48(46)38-60(56)66(54-26-6-4-7-27-54)61-39-52-32-44-20-12-10-18-42(44)30-50(52)36-57(61)65(2)58-35-47-23-15-17-25-49(47)40-62(58)67(3,55-28-8-5-9-29-55)63-41-53-33-45-21-13-11-19-43(45)31-51(53)37-59(63)64/h4-41,67H,1-3H3. The molecule has 1 unspecified atom stereocenters. The molecule has 0 saturated carbocycles. The molecule has 0 amide bonds. The van der Waals surface area contributed by atoms with Gasteiger partial charge in [0, 0.05) is 0 Å². The number of anilines is 4. The molecule has 1 heterocycles. The fourth-order valence-electron chi connectivity index (χ4n) is 11.1. The Balaban J connectivity index is 1.24. The summed E-state index contributed by atoms with van der Waals surface area (Å²) in [5.74, 6) is 0. The zero-order valence-corrected chi connectivity index (χ0v) is 39.7. The SMILES string of the molecule is CN1c2cc3cc4ccccc4cc3cc2P(c2ccccc2)c2cc3ccccc3cc2N(C)c2cc3cc4ccccc4cc3cc2[PH](C)(c2ccccc2)c2cc3ccccc3cc21. The first kappa shape index (κ1) is 40.0. The second kappa shape index (κ2) is 15.6. The van der Waals surface area contributed by atoms with E-state index in [1.807, 2.05) is 0 Å². The second-order valence-electron chi connectivity index (χ2n) is 18.5. The van der Waals surface area contributed by atoms with Crippen LogP contribution in [0.2, 0.25) is 0 Å². The summed E-state index contributed by atoms with van der Waals surface area (Å²) in [6.07, 6.45) is 0. The molecule has 0 spiro atoms. The summed E-state index contributed by atoms with van der Waals surface area (Å²) in [4.78, 5) is 5.14. The molecule has 1 atom stereocenters. The first-order valence-electron chi connectivity index (χ1n) is 23.3. The fourth-order valence-corrected chi connectivity index (χ4v) is 18.0. The molecule has 0 aliphatic carbocycles. The van der Waals surface area contributed by atoms with Crippen LogP contribution in [0.3, 0.4) is 0 Å². The minimum atomic E-state index is -2.96. The van der Waals surface area contributed by atoms with Crippen LogP contribution < -0.4 is 41.6 Å². The van der Waals surface area contributed by atoms with Crippen molar-refractivity contribution >= 4 is 134 Å². The number of benzene rings is 12. The molecule has 0 saturated heterocycles. The van der Waals surface area contributed by atoms with Crippen LogP contribution in [0.1, 0.15) is 0 Å². The van der Waals surface area contributed by atoms with Crippen LogP contribution in [0, 0.1) is 0 Å². The van der Waals surface area contributed by atoms with Gasteiger partial charge in [-0.25, -0.2) is 0 Å². The van der Waals surface area contributed by atoms with E-state index in [2.05, 4.69) is 261 Å². The Hall–Kier alpha value is -7.34. The van der Waals surface area contributed by atoms with E-state index < -0.39 is 15.2 Å². The molecule has 67 heavy (non-hydrogen) atoms. The van der Waals surface area contributed by atoms with Gasteiger partial charge in [-0.3, -0.25) is 0 Å². The number of rotatable bonds is 2. The molecular formula is C63H48N2P2. The van der Waals surface area contributed by atoms with Gasteiger partial charge in [-0.15, -0.1) is 0 Å². The summed E-state index contributed by atoms with van der Waals surface area (Å²) in [6, 6.07) is 88.0. The fraction of sp³-hybridized carbons (Fsp3) is 0.0476. The van der Waals surface area contributed by atoms with E-state index in [1.165, 1.54) is 119 Å². The zero-order valence-electron chi connectivity index (χ0n) is 37.8. The van der Waals surface area contributed by atoms with Gasteiger partial charge in [0.05, 0.1) is 0 Å². The molecule has 12 aromatic rings. The Morgan fingerprint density at radius 1 is 0.299 bits per heavy atom. The maximum absolute atomic E-state index is 2.96. The van der Waals surface area contributed by atoms with Crippen molar-refractivity contribution < 1.29 is 0 Å². The zero-order chi connectivity index (χ0) is 44.8. The third kappa shape index (κ3) is 6.47. The van der Waals surface area contributed by atoms with Crippen LogP contribution in [0.15, 0.2) is 231 Å². The first-order chi connectivity index (χ1) is 32.9. The third-order valence-electron chi connectivity index (χ3n) is 14.7. The van der Waals surface area contributed by atoms with Crippen LogP contribution >= 0.6 is 15.2 Å². The van der Waals surface area contributed by atoms with Crippen molar-refractivity contribution in [2.24, 2.45) is 0 Å². The van der Waals surface area contributed by atoms with Gasteiger partial charge >= 0.3 is 395 Å². The van der Waals surface area contributed by atoms with Gasteiger partial charge in [0.1, 0.15) is 0 Å². The predicted molar refractivity (Wildman–Crippen MR) is 299 cm³/mol. The topological polar surface area (TPSA) is 6.48 Å². The molecule has 0 N–H and O–H groups in total. The van der Waals surface area contributed by atoms with E-state index in [9.17, 15) is 0 Å². The molecule has 0 bridgehead atoms. The van der Waals surface area contributed by atoms with Crippen molar-refractivity contribution in [3.05, 3.63) is 231 Å². The van der Waals surface area contributed by atoms with E-state index in [0.717, 1.165) is 0 Å². The number of fused-ring (bicyclic) bond motifs is 10. The molecule has 2 nitrogen and oxygen atoms in total. The molecule has 12 aromatic carbocycles. The molecule has 13 rings (SSSR count). The van der Waals surface area contributed by atoms with Crippen molar-refractivity contribution in [1.82, 2.24) is 0 Å². The van der Waals surface area contributed by atoms with Crippen LogP contribution in [-0.2, 0) is 0 Å². The molecule has 0 aromatic heterocycles. The quantitative estimate of drug-likeness (QED) is 0.126. The van der Waals surface area contributed by atoms with Gasteiger partial charge in [0.15, 0.2) is 0 Å². The van der Waals surface area contributed by atoms with Gasteiger partial charge in [-0.1, -0.05) is 0 Å².